The molecule has 0 aliphatic rings. The predicted octanol–water partition coefficient (Wildman–Crippen LogP) is 0.975. The largest absolute Gasteiger partial charge is 0.389 e. The average Bonchev–Trinajstić information content (AvgIpc) is 2.15. The first-order chi connectivity index (χ1) is 7.80. The SMILES string of the molecule is CC(C)NS(=O)(=O)Nc1ccc(C(N)=S)cc1. The van der Waals surface area contributed by atoms with Crippen molar-refractivity contribution in [1.82, 2.24) is 4.72 Å². The third-order valence-corrected chi connectivity index (χ3v) is 3.33. The van der Waals surface area contributed by atoms with Crippen LogP contribution in [0.25, 0.3) is 0 Å². The van der Waals surface area contributed by atoms with E-state index < -0.39 is 10.2 Å². The number of benzene rings is 1. The molecule has 0 spiro atoms. The van der Waals surface area contributed by atoms with E-state index in [1.807, 2.05) is 0 Å². The topological polar surface area (TPSA) is 84.2 Å². The summed E-state index contributed by atoms with van der Waals surface area (Å²) >= 11 is 4.80. The molecule has 1 aromatic carbocycles. The van der Waals surface area contributed by atoms with Crippen molar-refractivity contribution in [3.8, 4) is 0 Å². The first-order valence-corrected chi connectivity index (χ1v) is 6.89. The van der Waals surface area contributed by atoms with E-state index in [0.717, 1.165) is 0 Å². The summed E-state index contributed by atoms with van der Waals surface area (Å²) in [6.45, 7) is 3.49. The molecular formula is C10H15N3O2S2. The minimum absolute atomic E-state index is 0.164. The highest BCUT2D eigenvalue weighted by molar-refractivity contribution is 7.90. The summed E-state index contributed by atoms with van der Waals surface area (Å²) < 4.78 is 27.9. The Kier molecular flexibility index (Phi) is 4.44. The molecule has 0 heterocycles. The molecule has 0 aliphatic carbocycles. The summed E-state index contributed by atoms with van der Waals surface area (Å²) in [5.74, 6) is 0. The van der Waals surface area contributed by atoms with Gasteiger partial charge in [0.2, 0.25) is 0 Å². The van der Waals surface area contributed by atoms with Gasteiger partial charge in [-0.15, -0.1) is 0 Å². The van der Waals surface area contributed by atoms with Crippen LogP contribution in [0.15, 0.2) is 24.3 Å². The Balaban J connectivity index is 2.79. The second-order valence-corrected chi connectivity index (χ2v) is 5.71. The van der Waals surface area contributed by atoms with Crippen molar-refractivity contribution in [3.05, 3.63) is 29.8 Å². The van der Waals surface area contributed by atoms with E-state index in [1.165, 1.54) is 0 Å². The van der Waals surface area contributed by atoms with E-state index in [2.05, 4.69) is 9.44 Å². The number of hydrogen-bond donors (Lipinski definition) is 3. The third kappa shape index (κ3) is 4.68. The second kappa shape index (κ2) is 5.44. The fraction of sp³-hybridized carbons (Fsp3) is 0.300. The van der Waals surface area contributed by atoms with Gasteiger partial charge in [0.05, 0.1) is 0 Å². The van der Waals surface area contributed by atoms with Crippen LogP contribution in [0.2, 0.25) is 0 Å². The molecule has 1 rings (SSSR count). The van der Waals surface area contributed by atoms with Crippen LogP contribution in [0.3, 0.4) is 0 Å². The first kappa shape index (κ1) is 13.9. The fourth-order valence-corrected chi connectivity index (χ4v) is 2.46. The Hall–Kier alpha value is -1.18. The van der Waals surface area contributed by atoms with Crippen LogP contribution in [-0.2, 0) is 10.2 Å². The number of nitrogens with one attached hydrogen (secondary N) is 2. The molecule has 0 atom stereocenters. The van der Waals surface area contributed by atoms with Crippen LogP contribution in [0, 0.1) is 0 Å². The third-order valence-electron chi connectivity index (χ3n) is 1.81. The smallest absolute Gasteiger partial charge is 0.299 e. The Morgan fingerprint density at radius 1 is 1.29 bits per heavy atom. The van der Waals surface area contributed by atoms with Crippen molar-refractivity contribution in [2.75, 3.05) is 4.72 Å². The number of rotatable bonds is 5. The lowest BCUT2D eigenvalue weighted by atomic mass is 10.2. The molecule has 0 aromatic heterocycles. The number of thiocarbonyl (C=S) groups is 1. The van der Waals surface area contributed by atoms with Crippen LogP contribution >= 0.6 is 12.2 Å². The van der Waals surface area contributed by atoms with Crippen LogP contribution in [-0.4, -0.2) is 19.4 Å². The van der Waals surface area contributed by atoms with Gasteiger partial charge in [-0.2, -0.15) is 13.1 Å². The molecule has 0 unspecified atom stereocenters. The highest BCUT2D eigenvalue weighted by Crippen LogP contribution is 2.10. The lowest BCUT2D eigenvalue weighted by molar-refractivity contribution is 0.575. The van der Waals surface area contributed by atoms with Crippen molar-refractivity contribution >= 4 is 33.1 Å². The average molecular weight is 273 g/mol. The van der Waals surface area contributed by atoms with E-state index in [-0.39, 0.29) is 11.0 Å². The first-order valence-electron chi connectivity index (χ1n) is 5.00. The quantitative estimate of drug-likeness (QED) is 0.698. The zero-order valence-electron chi connectivity index (χ0n) is 9.60. The van der Waals surface area contributed by atoms with Gasteiger partial charge in [-0.1, -0.05) is 12.2 Å². The Morgan fingerprint density at radius 2 is 1.82 bits per heavy atom. The van der Waals surface area contributed by atoms with Gasteiger partial charge in [-0.05, 0) is 38.1 Å². The molecule has 4 N–H and O–H groups in total. The van der Waals surface area contributed by atoms with E-state index in [9.17, 15) is 8.42 Å². The highest BCUT2D eigenvalue weighted by Gasteiger charge is 2.10. The maximum Gasteiger partial charge on any atom is 0.299 e. The van der Waals surface area contributed by atoms with Crippen LogP contribution in [0.4, 0.5) is 5.69 Å². The van der Waals surface area contributed by atoms with E-state index in [4.69, 9.17) is 18.0 Å². The normalized spacial score (nSPS) is 11.5. The zero-order chi connectivity index (χ0) is 13.1. The Bertz CT molecular complexity index is 495. The van der Waals surface area contributed by atoms with Crippen LogP contribution in [0.5, 0.6) is 0 Å². The lowest BCUT2D eigenvalue weighted by Gasteiger charge is -2.11. The van der Waals surface area contributed by atoms with Gasteiger partial charge in [0, 0.05) is 17.3 Å². The molecule has 17 heavy (non-hydrogen) atoms. The molecule has 0 aliphatic heterocycles. The molecule has 0 saturated heterocycles. The molecule has 0 fully saturated rings. The molecule has 0 saturated carbocycles. The van der Waals surface area contributed by atoms with Gasteiger partial charge < -0.3 is 5.73 Å². The fourth-order valence-electron chi connectivity index (χ4n) is 1.20. The predicted molar refractivity (Wildman–Crippen MR) is 73.1 cm³/mol. The maximum atomic E-state index is 11.6. The van der Waals surface area contributed by atoms with Crippen LogP contribution < -0.4 is 15.2 Å². The minimum Gasteiger partial charge on any atom is -0.389 e. The minimum atomic E-state index is -3.53. The van der Waals surface area contributed by atoms with Crippen molar-refractivity contribution in [1.29, 1.82) is 0 Å². The van der Waals surface area contributed by atoms with Crippen molar-refractivity contribution < 1.29 is 8.42 Å². The van der Waals surface area contributed by atoms with Crippen LogP contribution in [0.1, 0.15) is 19.4 Å². The summed E-state index contributed by atoms with van der Waals surface area (Å²) in [5.41, 5.74) is 6.59. The van der Waals surface area contributed by atoms with Crippen molar-refractivity contribution in [2.24, 2.45) is 5.73 Å². The summed E-state index contributed by atoms with van der Waals surface area (Å²) in [6, 6.07) is 6.37. The standard InChI is InChI=1S/C10H15N3O2S2/c1-7(2)12-17(14,15)13-9-5-3-8(4-6-9)10(11)16/h3-7,12-13H,1-2H3,(H2,11,16). The molecule has 0 amide bonds. The molecule has 1 aromatic rings. The van der Waals surface area contributed by atoms with Gasteiger partial charge in [0.1, 0.15) is 4.99 Å². The van der Waals surface area contributed by atoms with Crippen molar-refractivity contribution in [2.45, 2.75) is 19.9 Å². The molecule has 5 nitrogen and oxygen atoms in total. The van der Waals surface area contributed by atoms with E-state index >= 15 is 0 Å². The number of hydrogen-bond acceptors (Lipinski definition) is 3. The van der Waals surface area contributed by atoms with Gasteiger partial charge in [0.15, 0.2) is 0 Å². The van der Waals surface area contributed by atoms with Gasteiger partial charge in [-0.3, -0.25) is 4.72 Å². The highest BCUT2D eigenvalue weighted by atomic mass is 32.2. The lowest BCUT2D eigenvalue weighted by Crippen LogP contribution is -2.35. The summed E-state index contributed by atoms with van der Waals surface area (Å²) in [4.78, 5) is 0.278. The van der Waals surface area contributed by atoms with Gasteiger partial charge in [0.25, 0.3) is 10.2 Å². The monoisotopic (exact) mass is 273 g/mol. The van der Waals surface area contributed by atoms with E-state index in [0.29, 0.717) is 11.3 Å². The Labute approximate surface area is 107 Å². The summed E-state index contributed by atoms with van der Waals surface area (Å²) in [6.07, 6.45) is 0. The van der Waals surface area contributed by atoms with E-state index in [1.54, 1.807) is 38.1 Å². The molecule has 0 bridgehead atoms. The summed E-state index contributed by atoms with van der Waals surface area (Å²) in [7, 11) is -3.53. The molecular weight excluding hydrogens is 258 g/mol. The molecule has 0 radical (unpaired) electrons. The second-order valence-electron chi connectivity index (χ2n) is 3.82. The summed E-state index contributed by atoms with van der Waals surface area (Å²) in [5, 5.41) is 0. The maximum absolute atomic E-state index is 11.6. The van der Waals surface area contributed by atoms with Gasteiger partial charge >= 0.3 is 0 Å². The Morgan fingerprint density at radius 3 is 2.24 bits per heavy atom. The molecule has 94 valence electrons. The van der Waals surface area contributed by atoms with Crippen molar-refractivity contribution in [3.63, 3.8) is 0 Å². The number of nitrogens with two attached hydrogens (primary N) is 1. The molecule has 7 heteroatoms. The zero-order valence-corrected chi connectivity index (χ0v) is 11.2. The number of anilines is 1. The van der Waals surface area contributed by atoms with Gasteiger partial charge in [-0.25, -0.2) is 0 Å².